The van der Waals surface area contributed by atoms with Crippen molar-refractivity contribution in [2.45, 2.75) is 121 Å². The second-order valence-corrected chi connectivity index (χ2v) is 8.08. The second kappa shape index (κ2) is 18.7. The van der Waals surface area contributed by atoms with Gasteiger partial charge in [-0.25, -0.2) is 0 Å². The van der Waals surface area contributed by atoms with Gasteiger partial charge in [0.15, 0.2) is 6.10 Å². The molecule has 0 aromatic carbocycles. The van der Waals surface area contributed by atoms with Crippen LogP contribution in [0.25, 0.3) is 0 Å². The van der Waals surface area contributed by atoms with Crippen molar-refractivity contribution < 1.29 is 35.1 Å². The first-order chi connectivity index (χ1) is 14.3. The van der Waals surface area contributed by atoms with Crippen molar-refractivity contribution in [3.63, 3.8) is 0 Å². The summed E-state index contributed by atoms with van der Waals surface area (Å²) >= 11 is 0. The standard InChI is InChI=1S/C22H43NO7/c1-2-3-4-5-6-7-8-9-10-11-12-13-14-15-18(26)23-22(30)21(29)20(28)19(27)17(25)16-24/h17,19-21,24-25,27-29H,2-16H2,1H3,(H,23,26,30)/t17-,19-,20+,21-/m1/s1. The molecule has 0 aliphatic heterocycles. The summed E-state index contributed by atoms with van der Waals surface area (Å²) in [5, 5.41) is 48.7. The molecule has 0 saturated heterocycles. The summed E-state index contributed by atoms with van der Waals surface area (Å²) in [5.41, 5.74) is 0. The summed E-state index contributed by atoms with van der Waals surface area (Å²) in [6, 6.07) is 0. The molecular formula is C22H43NO7. The number of carbonyl (C=O) groups excluding carboxylic acids is 2. The maximum atomic E-state index is 11.8. The quantitative estimate of drug-likeness (QED) is 0.169. The second-order valence-electron chi connectivity index (χ2n) is 8.08. The molecule has 4 atom stereocenters. The number of amides is 2. The van der Waals surface area contributed by atoms with Crippen molar-refractivity contribution in [2.24, 2.45) is 0 Å². The Morgan fingerprint density at radius 1 is 0.700 bits per heavy atom. The van der Waals surface area contributed by atoms with Gasteiger partial charge in [0.2, 0.25) is 5.91 Å². The zero-order valence-electron chi connectivity index (χ0n) is 18.5. The summed E-state index contributed by atoms with van der Waals surface area (Å²) in [5.74, 6) is -1.71. The lowest BCUT2D eigenvalue weighted by molar-refractivity contribution is -0.151. The lowest BCUT2D eigenvalue weighted by Gasteiger charge is -2.24. The highest BCUT2D eigenvalue weighted by Gasteiger charge is 2.34. The van der Waals surface area contributed by atoms with E-state index in [1.807, 2.05) is 5.32 Å². The summed E-state index contributed by atoms with van der Waals surface area (Å²) in [4.78, 5) is 23.5. The maximum absolute atomic E-state index is 11.8. The minimum atomic E-state index is -2.09. The van der Waals surface area contributed by atoms with Gasteiger partial charge in [-0.2, -0.15) is 0 Å². The summed E-state index contributed by atoms with van der Waals surface area (Å²) in [6.07, 6.45) is 7.79. The third-order valence-electron chi connectivity index (χ3n) is 5.29. The first kappa shape index (κ1) is 28.9. The van der Waals surface area contributed by atoms with Crippen LogP contribution in [0.15, 0.2) is 0 Å². The van der Waals surface area contributed by atoms with E-state index in [1.54, 1.807) is 0 Å². The molecule has 2 amide bonds. The van der Waals surface area contributed by atoms with Gasteiger partial charge in [0.05, 0.1) is 6.61 Å². The van der Waals surface area contributed by atoms with E-state index in [0.29, 0.717) is 6.42 Å². The Balaban J connectivity index is 3.70. The molecule has 0 spiro atoms. The van der Waals surface area contributed by atoms with E-state index in [4.69, 9.17) is 5.11 Å². The van der Waals surface area contributed by atoms with E-state index in [2.05, 4.69) is 6.92 Å². The van der Waals surface area contributed by atoms with E-state index in [1.165, 1.54) is 57.8 Å². The number of imide groups is 1. The van der Waals surface area contributed by atoms with Gasteiger partial charge in [0.1, 0.15) is 18.3 Å². The molecule has 178 valence electrons. The molecule has 0 fully saturated rings. The average Bonchev–Trinajstić information content (AvgIpc) is 2.74. The van der Waals surface area contributed by atoms with Crippen molar-refractivity contribution >= 4 is 11.8 Å². The Hall–Kier alpha value is -1.06. The number of nitrogens with one attached hydrogen (secondary N) is 1. The minimum absolute atomic E-state index is 0.133. The minimum Gasteiger partial charge on any atom is -0.394 e. The molecule has 30 heavy (non-hydrogen) atoms. The van der Waals surface area contributed by atoms with Crippen LogP contribution < -0.4 is 5.32 Å². The molecule has 6 N–H and O–H groups in total. The van der Waals surface area contributed by atoms with Crippen LogP contribution in [0.1, 0.15) is 96.8 Å². The van der Waals surface area contributed by atoms with E-state index in [0.717, 1.165) is 19.3 Å². The molecule has 8 nitrogen and oxygen atoms in total. The Bertz CT molecular complexity index is 447. The fourth-order valence-corrected chi connectivity index (χ4v) is 3.25. The lowest BCUT2D eigenvalue weighted by Crippen LogP contribution is -2.52. The van der Waals surface area contributed by atoms with Crippen molar-refractivity contribution in [1.29, 1.82) is 0 Å². The summed E-state index contributed by atoms with van der Waals surface area (Å²) < 4.78 is 0. The highest BCUT2D eigenvalue weighted by Crippen LogP contribution is 2.13. The third-order valence-corrected chi connectivity index (χ3v) is 5.29. The van der Waals surface area contributed by atoms with Crippen LogP contribution >= 0.6 is 0 Å². The first-order valence-electron chi connectivity index (χ1n) is 11.5. The molecule has 0 unspecified atom stereocenters. The molecular weight excluding hydrogens is 390 g/mol. The number of aliphatic hydroxyl groups excluding tert-OH is 5. The number of unbranched alkanes of at least 4 members (excludes halogenated alkanes) is 12. The van der Waals surface area contributed by atoms with Crippen LogP contribution in [-0.4, -0.2) is 68.4 Å². The van der Waals surface area contributed by atoms with Gasteiger partial charge in [0, 0.05) is 6.42 Å². The van der Waals surface area contributed by atoms with Crippen LogP contribution in [0.5, 0.6) is 0 Å². The van der Waals surface area contributed by atoms with E-state index in [-0.39, 0.29) is 6.42 Å². The van der Waals surface area contributed by atoms with E-state index in [9.17, 15) is 30.0 Å². The highest BCUT2D eigenvalue weighted by molar-refractivity contribution is 5.97. The van der Waals surface area contributed by atoms with Crippen LogP contribution in [0, 0.1) is 0 Å². The lowest BCUT2D eigenvalue weighted by atomic mass is 10.0. The van der Waals surface area contributed by atoms with Crippen molar-refractivity contribution in [1.82, 2.24) is 5.32 Å². The molecule has 0 saturated carbocycles. The molecule has 0 radical (unpaired) electrons. The number of rotatable bonds is 19. The number of carbonyl (C=O) groups is 2. The fraction of sp³-hybridized carbons (Fsp3) is 0.909. The number of hydrogen-bond donors (Lipinski definition) is 6. The Morgan fingerprint density at radius 2 is 1.13 bits per heavy atom. The zero-order chi connectivity index (χ0) is 22.8. The van der Waals surface area contributed by atoms with Gasteiger partial charge in [-0.15, -0.1) is 0 Å². The maximum Gasteiger partial charge on any atom is 0.258 e. The van der Waals surface area contributed by atoms with Crippen LogP contribution in [0.2, 0.25) is 0 Å². The average molecular weight is 434 g/mol. The van der Waals surface area contributed by atoms with Gasteiger partial charge < -0.3 is 25.5 Å². The Labute approximate surface area is 180 Å². The predicted octanol–water partition coefficient (Wildman–Crippen LogP) is 1.55. The van der Waals surface area contributed by atoms with Gasteiger partial charge >= 0.3 is 0 Å². The van der Waals surface area contributed by atoms with Gasteiger partial charge in [-0.3, -0.25) is 14.9 Å². The highest BCUT2D eigenvalue weighted by atomic mass is 16.4. The fourth-order valence-electron chi connectivity index (χ4n) is 3.25. The SMILES string of the molecule is CCCCCCCCCCCCCCCC(=O)NC(=O)[C@H](O)[C@@H](O)[C@H](O)[C@H](O)CO. The van der Waals surface area contributed by atoms with Crippen molar-refractivity contribution in [3.05, 3.63) is 0 Å². The van der Waals surface area contributed by atoms with Gasteiger partial charge in [0.25, 0.3) is 5.91 Å². The first-order valence-corrected chi connectivity index (χ1v) is 11.5. The molecule has 0 aliphatic rings. The summed E-state index contributed by atoms with van der Waals surface area (Å²) in [7, 11) is 0. The molecule has 0 bridgehead atoms. The molecule has 0 aromatic rings. The summed E-state index contributed by atoms with van der Waals surface area (Å²) in [6.45, 7) is 1.38. The van der Waals surface area contributed by atoms with E-state index >= 15 is 0 Å². The monoisotopic (exact) mass is 433 g/mol. The topological polar surface area (TPSA) is 147 Å². The van der Waals surface area contributed by atoms with Crippen molar-refractivity contribution in [3.8, 4) is 0 Å². The number of aliphatic hydroxyl groups is 5. The van der Waals surface area contributed by atoms with Crippen molar-refractivity contribution in [2.75, 3.05) is 6.61 Å². The van der Waals surface area contributed by atoms with Crippen LogP contribution in [0.4, 0.5) is 0 Å². The molecule has 8 heteroatoms. The van der Waals surface area contributed by atoms with Crippen LogP contribution in [0.3, 0.4) is 0 Å². The number of hydrogen-bond acceptors (Lipinski definition) is 7. The molecule has 0 aromatic heterocycles. The van der Waals surface area contributed by atoms with Gasteiger partial charge in [-0.1, -0.05) is 84.0 Å². The third kappa shape index (κ3) is 14.0. The van der Waals surface area contributed by atoms with E-state index < -0.39 is 42.8 Å². The zero-order valence-corrected chi connectivity index (χ0v) is 18.5. The molecule has 0 heterocycles. The molecule has 0 rings (SSSR count). The molecule has 0 aliphatic carbocycles. The normalized spacial score (nSPS) is 15.4. The predicted molar refractivity (Wildman–Crippen MR) is 115 cm³/mol. The Kier molecular flexibility index (Phi) is 18.0. The smallest absolute Gasteiger partial charge is 0.258 e. The van der Waals surface area contributed by atoms with Gasteiger partial charge in [-0.05, 0) is 6.42 Å². The largest absolute Gasteiger partial charge is 0.394 e. The van der Waals surface area contributed by atoms with Crippen LogP contribution in [-0.2, 0) is 9.59 Å². The Morgan fingerprint density at radius 3 is 1.57 bits per heavy atom.